The number of anilines is 2. The molecule has 2 atom stereocenters. The molecule has 10 heteroatoms. The molecule has 3 heterocycles. The number of hydrogen-bond acceptors (Lipinski definition) is 4. The fourth-order valence-electron chi connectivity index (χ4n) is 4.72. The van der Waals surface area contributed by atoms with Crippen LogP contribution in [-0.2, 0) is 9.53 Å². The Labute approximate surface area is 236 Å². The zero-order chi connectivity index (χ0) is 26.8. The second-order valence-corrected chi connectivity index (χ2v) is 10.1. The second kappa shape index (κ2) is 11.1. The molecule has 4 aromatic rings. The minimum atomic E-state index is -0.257. The summed E-state index contributed by atoms with van der Waals surface area (Å²) < 4.78 is 6.99. The van der Waals surface area contributed by atoms with Crippen LogP contribution in [0.5, 0.6) is 0 Å². The van der Waals surface area contributed by atoms with Crippen molar-refractivity contribution in [3.8, 4) is 5.69 Å². The molecule has 1 fully saturated rings. The maximum absolute atomic E-state index is 12.1. The lowest BCUT2D eigenvalue weighted by Crippen LogP contribution is -2.30. The molecule has 194 valence electrons. The second-order valence-electron chi connectivity index (χ2n) is 8.88. The van der Waals surface area contributed by atoms with Crippen molar-refractivity contribution in [2.24, 2.45) is 0 Å². The first-order valence-corrected chi connectivity index (χ1v) is 13.1. The topological polar surface area (TPSA) is 71.4 Å². The van der Waals surface area contributed by atoms with Crippen molar-refractivity contribution < 1.29 is 9.53 Å². The van der Waals surface area contributed by atoms with Crippen LogP contribution in [0.2, 0.25) is 10.0 Å². The lowest BCUT2D eigenvalue weighted by molar-refractivity contribution is -0.119. The zero-order valence-electron chi connectivity index (χ0n) is 20.7. The van der Waals surface area contributed by atoms with Crippen molar-refractivity contribution in [1.29, 1.82) is 0 Å². The van der Waals surface area contributed by atoms with Crippen LogP contribution in [0.1, 0.15) is 29.0 Å². The number of halogens is 2. The predicted molar refractivity (Wildman–Crippen MR) is 155 cm³/mol. The highest BCUT2D eigenvalue weighted by molar-refractivity contribution is 7.80. The number of rotatable bonds is 7. The molecule has 2 N–H and O–H groups in total. The molecule has 38 heavy (non-hydrogen) atoms. The molecule has 7 nitrogen and oxygen atoms in total. The summed E-state index contributed by atoms with van der Waals surface area (Å²) in [5.41, 5.74) is 5.11. The van der Waals surface area contributed by atoms with Crippen LogP contribution in [-0.4, -0.2) is 34.3 Å². The molecule has 2 aromatic carbocycles. The Kier molecular flexibility index (Phi) is 7.67. The number of hydrogen-bond donors (Lipinski definition) is 2. The molecule has 1 aliphatic heterocycles. The van der Waals surface area contributed by atoms with Crippen LogP contribution in [0.15, 0.2) is 79.1 Å². The van der Waals surface area contributed by atoms with Crippen molar-refractivity contribution in [3.63, 3.8) is 0 Å². The van der Waals surface area contributed by atoms with Gasteiger partial charge in [0.15, 0.2) is 5.11 Å². The molecule has 5 rings (SSSR count). The largest absolute Gasteiger partial charge is 0.375 e. The number of carbonyl (C=O) groups excluding carboxylic acids is 1. The van der Waals surface area contributed by atoms with Crippen LogP contribution in [0.4, 0.5) is 11.4 Å². The maximum atomic E-state index is 12.1. The Morgan fingerprint density at radius 2 is 1.97 bits per heavy atom. The number of nitrogens with zero attached hydrogens (tertiary/aromatic N) is 3. The third kappa shape index (κ3) is 5.13. The minimum Gasteiger partial charge on any atom is -0.375 e. The van der Waals surface area contributed by atoms with Crippen molar-refractivity contribution >= 4 is 57.8 Å². The molecule has 0 spiro atoms. The Bertz CT molecular complexity index is 1490. The van der Waals surface area contributed by atoms with E-state index in [0.29, 0.717) is 20.8 Å². The SMILES string of the molecule is COCC(=O)Nc1ccc(N2C(=S)N[C@H](c3ccccn3)[C@H]2c2cccn2-c2ccc(Cl)cc2Cl)cc1C. The van der Waals surface area contributed by atoms with Gasteiger partial charge in [-0.3, -0.25) is 9.78 Å². The number of ether oxygens (including phenoxy) is 1. The maximum Gasteiger partial charge on any atom is 0.250 e. The smallest absolute Gasteiger partial charge is 0.250 e. The average molecular weight is 567 g/mol. The van der Waals surface area contributed by atoms with Crippen molar-refractivity contribution in [2.45, 2.75) is 19.0 Å². The standard InChI is InChI=1S/C28H25Cl2N5O2S/c1-17-14-19(9-10-21(17)32-25(36)16-37-2)35-27(26(33-28(35)38)22-6-3-4-12-31-22)24-7-5-13-34(24)23-11-8-18(29)15-20(23)30/h3-15,26-27H,16H2,1-2H3,(H,32,36)(H,33,38)/t26-,27-/m1/s1. The summed E-state index contributed by atoms with van der Waals surface area (Å²) in [6.07, 6.45) is 3.75. The van der Waals surface area contributed by atoms with Gasteiger partial charge in [-0.05, 0) is 85.4 Å². The number of nitrogens with one attached hydrogen (secondary N) is 2. The molecule has 2 aromatic heterocycles. The van der Waals surface area contributed by atoms with Gasteiger partial charge in [0.2, 0.25) is 5.91 Å². The van der Waals surface area contributed by atoms with E-state index in [1.807, 2.05) is 72.3 Å². The van der Waals surface area contributed by atoms with Gasteiger partial charge in [-0.15, -0.1) is 0 Å². The third-order valence-corrected chi connectivity index (χ3v) is 7.24. The predicted octanol–water partition coefficient (Wildman–Crippen LogP) is 6.25. The summed E-state index contributed by atoms with van der Waals surface area (Å²) in [7, 11) is 1.49. The van der Waals surface area contributed by atoms with Gasteiger partial charge >= 0.3 is 0 Å². The molecular formula is C28H25Cl2N5O2S. The molecule has 1 saturated heterocycles. The Morgan fingerprint density at radius 3 is 2.68 bits per heavy atom. The summed E-state index contributed by atoms with van der Waals surface area (Å²) in [5.74, 6) is -0.215. The van der Waals surface area contributed by atoms with E-state index >= 15 is 0 Å². The minimum absolute atomic E-state index is 0.0145. The van der Waals surface area contributed by atoms with Crippen LogP contribution >= 0.6 is 35.4 Å². The van der Waals surface area contributed by atoms with E-state index in [0.717, 1.165) is 28.3 Å². The summed E-state index contributed by atoms with van der Waals surface area (Å²) in [5, 5.41) is 8.04. The van der Waals surface area contributed by atoms with Gasteiger partial charge in [0.1, 0.15) is 12.6 Å². The number of aryl methyl sites for hydroxylation is 1. The van der Waals surface area contributed by atoms with Crippen LogP contribution in [0.25, 0.3) is 5.69 Å². The first kappa shape index (κ1) is 26.2. The molecule has 0 saturated carbocycles. The van der Waals surface area contributed by atoms with Crippen LogP contribution in [0, 0.1) is 6.92 Å². The Morgan fingerprint density at radius 1 is 1.13 bits per heavy atom. The van der Waals surface area contributed by atoms with Gasteiger partial charge in [-0.2, -0.15) is 0 Å². The van der Waals surface area contributed by atoms with Crippen molar-refractivity contribution in [3.05, 3.63) is 106 Å². The van der Waals surface area contributed by atoms with Crippen LogP contribution < -0.4 is 15.5 Å². The number of thiocarbonyl (C=S) groups is 1. The normalized spacial score (nSPS) is 16.9. The van der Waals surface area contributed by atoms with Gasteiger partial charge < -0.3 is 24.8 Å². The molecule has 1 aliphatic rings. The molecule has 0 bridgehead atoms. The number of benzene rings is 2. The highest BCUT2D eigenvalue weighted by Crippen LogP contribution is 2.43. The Hall–Kier alpha value is -3.43. The van der Waals surface area contributed by atoms with E-state index in [9.17, 15) is 4.79 Å². The molecule has 0 radical (unpaired) electrons. The van der Waals surface area contributed by atoms with Gasteiger partial charge in [-0.1, -0.05) is 29.3 Å². The monoisotopic (exact) mass is 565 g/mol. The van der Waals surface area contributed by atoms with E-state index in [-0.39, 0.29) is 24.6 Å². The van der Waals surface area contributed by atoms with Crippen molar-refractivity contribution in [2.75, 3.05) is 23.9 Å². The summed E-state index contributed by atoms with van der Waals surface area (Å²) in [4.78, 5) is 18.8. The van der Waals surface area contributed by atoms with E-state index in [4.69, 9.17) is 40.2 Å². The van der Waals surface area contributed by atoms with E-state index < -0.39 is 0 Å². The average Bonchev–Trinajstić information content (AvgIpc) is 3.50. The fourth-order valence-corrected chi connectivity index (χ4v) is 5.57. The van der Waals surface area contributed by atoms with Gasteiger partial charge in [0, 0.05) is 41.6 Å². The lowest BCUT2D eigenvalue weighted by atomic mass is 10.00. The summed E-state index contributed by atoms with van der Waals surface area (Å²) >= 11 is 18.7. The van der Waals surface area contributed by atoms with Crippen molar-refractivity contribution in [1.82, 2.24) is 14.9 Å². The zero-order valence-corrected chi connectivity index (χ0v) is 23.0. The quantitative estimate of drug-likeness (QED) is 0.258. The van der Waals surface area contributed by atoms with Gasteiger partial charge in [0.25, 0.3) is 0 Å². The van der Waals surface area contributed by atoms with Crippen LogP contribution in [0.3, 0.4) is 0 Å². The number of pyridine rings is 1. The number of aromatic nitrogens is 2. The third-order valence-electron chi connectivity index (χ3n) is 6.39. The molecule has 1 amide bonds. The fraction of sp³-hybridized carbons (Fsp3) is 0.179. The highest BCUT2D eigenvalue weighted by Gasteiger charge is 2.42. The summed E-state index contributed by atoms with van der Waals surface area (Å²) in [6, 6.07) is 20.7. The number of carbonyl (C=O) groups is 1. The van der Waals surface area contributed by atoms with Gasteiger partial charge in [-0.25, -0.2) is 0 Å². The Balaban J connectivity index is 1.60. The van der Waals surface area contributed by atoms with Gasteiger partial charge in [0.05, 0.1) is 22.4 Å². The summed E-state index contributed by atoms with van der Waals surface area (Å²) in [6.45, 7) is 1.93. The number of methoxy groups -OCH3 is 1. The molecular weight excluding hydrogens is 541 g/mol. The first-order valence-electron chi connectivity index (χ1n) is 11.9. The van der Waals surface area contributed by atoms with E-state index in [1.165, 1.54) is 7.11 Å². The van der Waals surface area contributed by atoms with E-state index in [2.05, 4.69) is 26.6 Å². The van der Waals surface area contributed by atoms with E-state index in [1.54, 1.807) is 12.3 Å². The molecule has 0 unspecified atom stereocenters. The number of amides is 1. The highest BCUT2D eigenvalue weighted by atomic mass is 35.5. The molecule has 0 aliphatic carbocycles. The first-order chi connectivity index (χ1) is 18.4. The lowest BCUT2D eigenvalue weighted by Gasteiger charge is -2.29.